The van der Waals surface area contributed by atoms with Crippen molar-refractivity contribution in [3.8, 4) is 0 Å². The summed E-state index contributed by atoms with van der Waals surface area (Å²) < 4.78 is 1.92. The quantitative estimate of drug-likeness (QED) is 0.398. The Balaban J connectivity index is 1.33. The van der Waals surface area contributed by atoms with Crippen molar-refractivity contribution in [1.29, 1.82) is 0 Å². The fraction of sp³-hybridized carbons (Fsp3) is 0.269. The first kappa shape index (κ1) is 21.4. The monoisotopic (exact) mass is 457 g/mol. The van der Waals surface area contributed by atoms with Crippen molar-refractivity contribution in [2.45, 2.75) is 45.2 Å². The molecule has 0 spiro atoms. The summed E-state index contributed by atoms with van der Waals surface area (Å²) in [5.41, 5.74) is 3.53. The zero-order valence-corrected chi connectivity index (χ0v) is 19.8. The number of benzene rings is 2. The van der Waals surface area contributed by atoms with Crippen molar-refractivity contribution >= 4 is 28.7 Å². The Bertz CT molecular complexity index is 1270. The van der Waals surface area contributed by atoms with Crippen LogP contribution in [0, 0.1) is 6.92 Å². The van der Waals surface area contributed by atoms with Gasteiger partial charge in [0.15, 0.2) is 0 Å². The number of carbonyl (C=O) groups excluding carboxylic acids is 1. The van der Waals surface area contributed by atoms with Crippen molar-refractivity contribution in [2.24, 2.45) is 0 Å². The van der Waals surface area contributed by atoms with E-state index in [0.717, 1.165) is 29.4 Å². The highest BCUT2D eigenvalue weighted by Crippen LogP contribution is 2.40. The van der Waals surface area contributed by atoms with Gasteiger partial charge in [-0.05, 0) is 56.9 Å². The molecule has 1 atom stereocenters. The predicted octanol–water partition coefficient (Wildman–Crippen LogP) is 5.78. The molecule has 1 amide bonds. The molecule has 0 radical (unpaired) electrons. The van der Waals surface area contributed by atoms with Gasteiger partial charge in [-0.1, -0.05) is 42.5 Å². The van der Waals surface area contributed by atoms with Crippen molar-refractivity contribution in [2.75, 3.05) is 10.6 Å². The van der Waals surface area contributed by atoms with Gasteiger partial charge in [0.05, 0.1) is 17.8 Å². The molecule has 0 aliphatic carbocycles. The van der Waals surface area contributed by atoms with E-state index in [-0.39, 0.29) is 17.5 Å². The second-order valence-electron chi connectivity index (χ2n) is 9.15. The van der Waals surface area contributed by atoms with Crippen LogP contribution in [0.25, 0.3) is 0 Å². The van der Waals surface area contributed by atoms with E-state index in [1.165, 1.54) is 16.0 Å². The number of rotatable bonds is 5. The van der Waals surface area contributed by atoms with Crippen LogP contribution >= 0.6 is 11.3 Å². The fourth-order valence-electron chi connectivity index (χ4n) is 4.33. The van der Waals surface area contributed by atoms with Crippen LogP contribution in [-0.2, 0) is 12.0 Å². The smallest absolute Gasteiger partial charge is 0.261 e. The van der Waals surface area contributed by atoms with E-state index >= 15 is 0 Å². The van der Waals surface area contributed by atoms with Crippen molar-refractivity contribution in [3.05, 3.63) is 93.6 Å². The number of fused-ring (bicyclic) bond motifs is 1. The van der Waals surface area contributed by atoms with E-state index in [1.54, 1.807) is 17.5 Å². The van der Waals surface area contributed by atoms with Crippen LogP contribution in [0.5, 0.6) is 0 Å². The third kappa shape index (κ3) is 4.41. The molecule has 0 saturated heterocycles. The van der Waals surface area contributed by atoms with Gasteiger partial charge in [0.2, 0.25) is 0 Å². The first-order chi connectivity index (χ1) is 15.9. The third-order valence-corrected chi connectivity index (χ3v) is 7.03. The number of hydrogen-bond acceptors (Lipinski definition) is 5. The lowest BCUT2D eigenvalue weighted by Gasteiger charge is -2.37. The van der Waals surface area contributed by atoms with Crippen LogP contribution in [0.2, 0.25) is 0 Å². The molecule has 3 heterocycles. The van der Waals surface area contributed by atoms with Gasteiger partial charge in [-0.3, -0.25) is 4.79 Å². The minimum atomic E-state index is -0.234. The Kier molecular flexibility index (Phi) is 5.50. The van der Waals surface area contributed by atoms with E-state index in [2.05, 4.69) is 65.8 Å². The van der Waals surface area contributed by atoms with E-state index in [9.17, 15) is 4.79 Å². The van der Waals surface area contributed by atoms with Crippen molar-refractivity contribution < 1.29 is 4.79 Å². The Morgan fingerprint density at radius 2 is 1.85 bits per heavy atom. The highest BCUT2D eigenvalue weighted by molar-refractivity contribution is 7.11. The van der Waals surface area contributed by atoms with E-state index in [1.807, 2.05) is 41.2 Å². The number of carbonyl (C=O) groups is 1. The summed E-state index contributed by atoms with van der Waals surface area (Å²) in [4.78, 5) is 18.9. The van der Waals surface area contributed by atoms with Crippen LogP contribution in [-0.4, -0.2) is 20.7 Å². The summed E-state index contributed by atoms with van der Waals surface area (Å²) in [5.74, 6) is 0.564. The average molecular weight is 458 g/mol. The molecule has 2 aromatic carbocycles. The van der Waals surface area contributed by atoms with E-state index < -0.39 is 0 Å². The van der Waals surface area contributed by atoms with Crippen molar-refractivity contribution in [1.82, 2.24) is 14.8 Å². The number of aryl methyl sites for hydroxylation is 1. The molecule has 4 aromatic rings. The Labute approximate surface area is 197 Å². The summed E-state index contributed by atoms with van der Waals surface area (Å²) in [5, 5.41) is 12.1. The van der Waals surface area contributed by atoms with Crippen LogP contribution in [0.4, 0.5) is 11.5 Å². The molecule has 1 aliphatic rings. The molecular formula is C26H27N5OS. The first-order valence-corrected chi connectivity index (χ1v) is 11.9. The van der Waals surface area contributed by atoms with Gasteiger partial charge in [0.1, 0.15) is 16.4 Å². The molecule has 0 bridgehead atoms. The molecule has 168 valence electrons. The van der Waals surface area contributed by atoms with Gasteiger partial charge >= 0.3 is 0 Å². The minimum Gasteiger partial charge on any atom is -0.360 e. The zero-order chi connectivity index (χ0) is 23.0. The van der Waals surface area contributed by atoms with E-state index in [0.29, 0.717) is 5.56 Å². The molecule has 33 heavy (non-hydrogen) atoms. The largest absolute Gasteiger partial charge is 0.360 e. The predicted molar refractivity (Wildman–Crippen MR) is 133 cm³/mol. The molecule has 6 nitrogen and oxygen atoms in total. The molecule has 1 unspecified atom stereocenters. The number of aromatic nitrogens is 3. The van der Waals surface area contributed by atoms with Crippen LogP contribution in [0.15, 0.2) is 67.0 Å². The number of thiazole rings is 1. The SMILES string of the molecule is Cc1cnc(C2CC(C)(C)n3ncc(C(=O)Nc4ccc(Cc5ccccc5)cc4)c3N2)s1. The first-order valence-electron chi connectivity index (χ1n) is 11.1. The fourth-order valence-corrected chi connectivity index (χ4v) is 5.16. The molecule has 0 saturated carbocycles. The molecule has 2 N–H and O–H groups in total. The van der Waals surface area contributed by atoms with Gasteiger partial charge < -0.3 is 10.6 Å². The number of nitrogens with zero attached hydrogens (tertiary/aromatic N) is 3. The molecule has 7 heteroatoms. The summed E-state index contributed by atoms with van der Waals surface area (Å²) in [7, 11) is 0. The maximum Gasteiger partial charge on any atom is 0.261 e. The average Bonchev–Trinajstić information content (AvgIpc) is 3.42. The topological polar surface area (TPSA) is 71.8 Å². The summed E-state index contributed by atoms with van der Waals surface area (Å²) in [6, 6.07) is 18.4. The van der Waals surface area contributed by atoms with Gasteiger partial charge in [-0.25, -0.2) is 9.67 Å². The number of anilines is 2. The summed E-state index contributed by atoms with van der Waals surface area (Å²) in [6.45, 7) is 6.35. The minimum absolute atomic E-state index is 0.0479. The van der Waals surface area contributed by atoms with Gasteiger partial charge in [-0.2, -0.15) is 5.10 Å². The molecule has 1 aliphatic heterocycles. The molecule has 5 rings (SSSR count). The van der Waals surface area contributed by atoms with Crippen molar-refractivity contribution in [3.63, 3.8) is 0 Å². The standard InChI is InChI=1S/C26H27N5OS/c1-17-15-27-25(33-17)22-14-26(2,3)31-23(30-22)21(16-28-31)24(32)29-20-11-9-19(10-12-20)13-18-7-5-4-6-8-18/h4-12,15-16,22,30H,13-14H2,1-3H3,(H,29,32). The lowest BCUT2D eigenvalue weighted by molar-refractivity contribution is 0.102. The normalized spacial score (nSPS) is 16.6. The lowest BCUT2D eigenvalue weighted by Crippen LogP contribution is -2.38. The van der Waals surface area contributed by atoms with Crippen LogP contribution < -0.4 is 10.6 Å². The highest BCUT2D eigenvalue weighted by atomic mass is 32.1. The second-order valence-corrected chi connectivity index (χ2v) is 10.4. The Morgan fingerprint density at radius 1 is 1.12 bits per heavy atom. The maximum atomic E-state index is 13.2. The van der Waals surface area contributed by atoms with Crippen LogP contribution in [0.1, 0.15) is 57.7 Å². The molecule has 0 fully saturated rings. The third-order valence-electron chi connectivity index (χ3n) is 6.00. The van der Waals surface area contributed by atoms with Gasteiger partial charge in [0.25, 0.3) is 5.91 Å². The number of hydrogen-bond donors (Lipinski definition) is 2. The van der Waals surface area contributed by atoms with Gasteiger partial charge in [0, 0.05) is 16.8 Å². The highest BCUT2D eigenvalue weighted by Gasteiger charge is 2.37. The molecular weight excluding hydrogens is 430 g/mol. The maximum absolute atomic E-state index is 13.2. The zero-order valence-electron chi connectivity index (χ0n) is 19.0. The Hall–Kier alpha value is -3.45. The Morgan fingerprint density at radius 3 is 2.55 bits per heavy atom. The summed E-state index contributed by atoms with van der Waals surface area (Å²) in [6.07, 6.45) is 5.26. The second kappa shape index (κ2) is 8.48. The molecule has 2 aromatic heterocycles. The lowest BCUT2D eigenvalue weighted by atomic mass is 9.93. The van der Waals surface area contributed by atoms with Crippen LogP contribution in [0.3, 0.4) is 0 Å². The number of nitrogens with one attached hydrogen (secondary N) is 2. The summed E-state index contributed by atoms with van der Waals surface area (Å²) >= 11 is 1.69. The van der Waals surface area contributed by atoms with E-state index in [4.69, 9.17) is 0 Å². The van der Waals surface area contributed by atoms with Gasteiger partial charge in [-0.15, -0.1) is 11.3 Å². The number of amides is 1.